The van der Waals surface area contributed by atoms with Crippen molar-refractivity contribution in [1.82, 2.24) is 9.88 Å². The van der Waals surface area contributed by atoms with Gasteiger partial charge in [-0.2, -0.15) is 0 Å². The van der Waals surface area contributed by atoms with Crippen LogP contribution in [0.25, 0.3) is 0 Å². The van der Waals surface area contributed by atoms with Crippen LogP contribution in [0.2, 0.25) is 0 Å². The second-order valence-electron chi connectivity index (χ2n) is 6.66. The Bertz CT molecular complexity index is 891. The first-order valence-electron chi connectivity index (χ1n) is 9.25. The van der Waals surface area contributed by atoms with E-state index in [9.17, 15) is 20.0 Å². The number of nitro benzene ring substituents is 1. The standard InChI is InChI=1S/C19H23N5O5/c1-20-16-5-4-14(9-17(16)24(27)28)29-15-6-7-21-18(10-15)22-19(26)11-23-8-2-3-13(23)12-25/h4-7,9-10,13,20,25H,2-3,8,11-12H2,1H3,(H,21,22,26)/t13-/m0/s1. The molecule has 3 rings (SSSR count). The van der Waals surface area contributed by atoms with E-state index >= 15 is 0 Å². The number of aliphatic hydroxyl groups excluding tert-OH is 1. The summed E-state index contributed by atoms with van der Waals surface area (Å²) in [5, 5.41) is 26.0. The van der Waals surface area contributed by atoms with Gasteiger partial charge in [0.25, 0.3) is 5.69 Å². The molecule has 29 heavy (non-hydrogen) atoms. The number of rotatable bonds is 8. The van der Waals surface area contributed by atoms with Gasteiger partial charge in [-0.25, -0.2) is 4.98 Å². The highest BCUT2D eigenvalue weighted by Crippen LogP contribution is 2.31. The van der Waals surface area contributed by atoms with E-state index in [0.717, 1.165) is 19.4 Å². The van der Waals surface area contributed by atoms with Crippen molar-refractivity contribution in [1.29, 1.82) is 0 Å². The van der Waals surface area contributed by atoms with Crippen molar-refractivity contribution >= 4 is 23.1 Å². The van der Waals surface area contributed by atoms with Crippen LogP contribution in [0.3, 0.4) is 0 Å². The van der Waals surface area contributed by atoms with Gasteiger partial charge in [0, 0.05) is 25.4 Å². The lowest BCUT2D eigenvalue weighted by Gasteiger charge is -2.21. The maximum Gasteiger partial charge on any atom is 0.296 e. The minimum Gasteiger partial charge on any atom is -0.457 e. The molecule has 1 amide bonds. The molecule has 1 aliphatic rings. The molecule has 1 saturated heterocycles. The number of aliphatic hydroxyl groups is 1. The number of amides is 1. The van der Waals surface area contributed by atoms with Crippen molar-refractivity contribution in [3.63, 3.8) is 0 Å². The normalized spacial score (nSPS) is 16.4. The molecule has 1 aliphatic heterocycles. The fourth-order valence-electron chi connectivity index (χ4n) is 3.29. The van der Waals surface area contributed by atoms with E-state index in [1.165, 1.54) is 12.3 Å². The molecule has 10 heteroatoms. The van der Waals surface area contributed by atoms with Gasteiger partial charge in [0.05, 0.1) is 24.1 Å². The molecule has 0 unspecified atom stereocenters. The number of hydrogen-bond donors (Lipinski definition) is 3. The Morgan fingerprint density at radius 3 is 2.90 bits per heavy atom. The molecule has 154 valence electrons. The number of benzene rings is 1. The van der Waals surface area contributed by atoms with Gasteiger partial charge < -0.3 is 20.5 Å². The smallest absolute Gasteiger partial charge is 0.296 e. The van der Waals surface area contributed by atoms with Crippen LogP contribution in [-0.4, -0.2) is 58.6 Å². The van der Waals surface area contributed by atoms with E-state index in [2.05, 4.69) is 15.6 Å². The molecule has 1 atom stereocenters. The summed E-state index contributed by atoms with van der Waals surface area (Å²) in [5.41, 5.74) is 0.282. The molecule has 3 N–H and O–H groups in total. The Kier molecular flexibility index (Phi) is 6.57. The molecule has 2 aromatic rings. The van der Waals surface area contributed by atoms with Crippen molar-refractivity contribution in [2.75, 3.05) is 37.4 Å². The Morgan fingerprint density at radius 2 is 2.17 bits per heavy atom. The number of nitrogens with one attached hydrogen (secondary N) is 2. The molecule has 2 heterocycles. The van der Waals surface area contributed by atoms with Gasteiger partial charge in [0.15, 0.2) is 0 Å². The SMILES string of the molecule is CNc1ccc(Oc2ccnc(NC(=O)CN3CCC[C@H]3CO)c2)cc1[N+](=O)[O-]. The zero-order valence-electron chi connectivity index (χ0n) is 16.0. The third kappa shape index (κ3) is 5.18. The van der Waals surface area contributed by atoms with Crippen LogP contribution in [0.5, 0.6) is 11.5 Å². The molecule has 0 bridgehead atoms. The van der Waals surface area contributed by atoms with E-state index in [4.69, 9.17) is 4.74 Å². The summed E-state index contributed by atoms with van der Waals surface area (Å²) in [6, 6.07) is 7.65. The average molecular weight is 401 g/mol. The highest BCUT2D eigenvalue weighted by Gasteiger charge is 2.25. The average Bonchev–Trinajstić information content (AvgIpc) is 3.15. The third-order valence-corrected chi connectivity index (χ3v) is 4.73. The summed E-state index contributed by atoms with van der Waals surface area (Å²) < 4.78 is 5.69. The molecule has 1 aromatic carbocycles. The van der Waals surface area contributed by atoms with Crippen LogP contribution in [0.15, 0.2) is 36.5 Å². The second-order valence-corrected chi connectivity index (χ2v) is 6.66. The second kappa shape index (κ2) is 9.30. The number of nitro groups is 1. The largest absolute Gasteiger partial charge is 0.457 e. The molecular weight excluding hydrogens is 378 g/mol. The van der Waals surface area contributed by atoms with E-state index in [1.807, 2.05) is 4.90 Å². The van der Waals surface area contributed by atoms with Gasteiger partial charge >= 0.3 is 0 Å². The number of nitrogens with zero attached hydrogens (tertiary/aromatic N) is 3. The number of carbonyl (C=O) groups excluding carboxylic acids is 1. The molecule has 0 saturated carbocycles. The van der Waals surface area contributed by atoms with Crippen LogP contribution < -0.4 is 15.4 Å². The van der Waals surface area contributed by atoms with Crippen molar-refractivity contribution in [2.24, 2.45) is 0 Å². The monoisotopic (exact) mass is 401 g/mol. The highest BCUT2D eigenvalue weighted by molar-refractivity contribution is 5.91. The molecule has 1 fully saturated rings. The molecule has 0 aliphatic carbocycles. The summed E-state index contributed by atoms with van der Waals surface area (Å²) in [5.74, 6) is 0.760. The van der Waals surface area contributed by atoms with Crippen LogP contribution >= 0.6 is 0 Å². The van der Waals surface area contributed by atoms with Crippen molar-refractivity contribution in [3.05, 3.63) is 46.6 Å². The minimum absolute atomic E-state index is 0.0137. The van der Waals surface area contributed by atoms with E-state index < -0.39 is 4.92 Å². The van der Waals surface area contributed by atoms with Crippen LogP contribution in [0.1, 0.15) is 12.8 Å². The van der Waals surface area contributed by atoms with Gasteiger partial charge in [-0.15, -0.1) is 0 Å². The lowest BCUT2D eigenvalue weighted by atomic mass is 10.2. The van der Waals surface area contributed by atoms with Crippen LogP contribution in [0.4, 0.5) is 17.2 Å². The summed E-state index contributed by atoms with van der Waals surface area (Å²) >= 11 is 0. The lowest BCUT2D eigenvalue weighted by Crippen LogP contribution is -2.38. The third-order valence-electron chi connectivity index (χ3n) is 4.73. The number of hydrogen-bond acceptors (Lipinski definition) is 8. The van der Waals surface area contributed by atoms with Gasteiger partial charge in [-0.3, -0.25) is 19.8 Å². The van der Waals surface area contributed by atoms with Gasteiger partial charge in [-0.1, -0.05) is 0 Å². The first-order chi connectivity index (χ1) is 14.0. The van der Waals surface area contributed by atoms with Crippen molar-refractivity contribution < 1.29 is 19.6 Å². The quantitative estimate of drug-likeness (QED) is 0.453. The predicted octanol–water partition coefficient (Wildman–Crippen LogP) is 2.22. The van der Waals surface area contributed by atoms with Crippen molar-refractivity contribution in [3.8, 4) is 11.5 Å². The topological polar surface area (TPSA) is 130 Å². The predicted molar refractivity (Wildman–Crippen MR) is 107 cm³/mol. The Hall–Kier alpha value is -3.24. The molecule has 0 radical (unpaired) electrons. The van der Waals surface area contributed by atoms with E-state index in [0.29, 0.717) is 23.0 Å². The Balaban J connectivity index is 1.66. The van der Waals surface area contributed by atoms with Crippen LogP contribution in [0, 0.1) is 10.1 Å². The van der Waals surface area contributed by atoms with E-state index in [1.54, 1.807) is 31.3 Å². The summed E-state index contributed by atoms with van der Waals surface area (Å²) in [4.78, 5) is 29.0. The minimum atomic E-state index is -0.491. The number of likely N-dealkylation sites (tertiary alicyclic amines) is 1. The first kappa shape index (κ1) is 20.5. The molecular formula is C19H23N5O5. The lowest BCUT2D eigenvalue weighted by molar-refractivity contribution is -0.384. The van der Waals surface area contributed by atoms with Gasteiger partial charge in [0.1, 0.15) is 23.0 Å². The molecule has 0 spiro atoms. The molecule has 10 nitrogen and oxygen atoms in total. The molecule has 1 aromatic heterocycles. The summed E-state index contributed by atoms with van der Waals surface area (Å²) in [6.07, 6.45) is 3.32. The zero-order valence-corrected chi connectivity index (χ0v) is 16.0. The number of pyridine rings is 1. The highest BCUT2D eigenvalue weighted by atomic mass is 16.6. The fraction of sp³-hybridized carbons (Fsp3) is 0.368. The number of aromatic nitrogens is 1. The van der Waals surface area contributed by atoms with Gasteiger partial charge in [-0.05, 0) is 37.6 Å². The van der Waals surface area contributed by atoms with Gasteiger partial charge in [0.2, 0.25) is 5.91 Å². The maximum absolute atomic E-state index is 12.3. The number of anilines is 2. The summed E-state index contributed by atoms with van der Waals surface area (Å²) in [7, 11) is 1.60. The Morgan fingerprint density at radius 1 is 1.38 bits per heavy atom. The fourth-order valence-corrected chi connectivity index (χ4v) is 3.29. The van der Waals surface area contributed by atoms with E-state index in [-0.39, 0.29) is 30.8 Å². The first-order valence-corrected chi connectivity index (χ1v) is 9.25. The summed E-state index contributed by atoms with van der Waals surface area (Å²) in [6.45, 7) is 0.986. The van der Waals surface area contributed by atoms with Crippen LogP contribution in [-0.2, 0) is 4.79 Å². The maximum atomic E-state index is 12.3. The number of carbonyl (C=O) groups is 1. The number of ether oxygens (including phenoxy) is 1. The van der Waals surface area contributed by atoms with Crippen molar-refractivity contribution in [2.45, 2.75) is 18.9 Å². The zero-order chi connectivity index (χ0) is 20.8. The Labute approximate surface area is 167 Å².